The van der Waals surface area contributed by atoms with Crippen molar-refractivity contribution in [2.75, 3.05) is 39.8 Å². The van der Waals surface area contributed by atoms with Crippen LogP contribution < -0.4 is 15.4 Å². The van der Waals surface area contributed by atoms with Crippen LogP contribution in [-0.2, 0) is 27.2 Å². The summed E-state index contributed by atoms with van der Waals surface area (Å²) in [7, 11) is 1.55. The number of piperidine rings is 1. The number of aromatic nitrogens is 3. The van der Waals surface area contributed by atoms with Crippen LogP contribution in [0.3, 0.4) is 0 Å². The number of rotatable bonds is 12. The van der Waals surface area contributed by atoms with Crippen LogP contribution in [0.25, 0.3) is 10.9 Å². The molecule has 4 heterocycles. The lowest BCUT2D eigenvalue weighted by atomic mass is 9.79. The van der Waals surface area contributed by atoms with Crippen LogP contribution in [0, 0.1) is 17.8 Å². The van der Waals surface area contributed by atoms with E-state index in [0.29, 0.717) is 50.0 Å². The molecular formula is C37H42ClN7O5. The molecule has 0 bridgehead atoms. The lowest BCUT2D eigenvalue weighted by Gasteiger charge is -2.40. The van der Waals surface area contributed by atoms with Crippen LogP contribution in [-0.4, -0.2) is 94.3 Å². The predicted octanol–water partition coefficient (Wildman–Crippen LogP) is 3.65. The molecular weight excluding hydrogens is 658 g/mol. The number of amides is 4. The summed E-state index contributed by atoms with van der Waals surface area (Å²) in [5.74, 6) is -1.67. The molecule has 2 aliphatic heterocycles. The smallest absolute Gasteiger partial charge is 0.274 e. The Morgan fingerprint density at radius 3 is 2.56 bits per heavy atom. The Labute approximate surface area is 295 Å². The molecule has 0 spiro atoms. The first-order valence-electron chi connectivity index (χ1n) is 17.1. The minimum absolute atomic E-state index is 0.120. The number of ether oxygens (including phenoxy) is 1. The Kier molecular flexibility index (Phi) is 11.0. The topological polar surface area (TPSA) is 150 Å². The average molecular weight is 700 g/mol. The fraction of sp³-hybridized carbons (Fsp3) is 0.405. The van der Waals surface area contributed by atoms with Gasteiger partial charge in [-0.1, -0.05) is 48.0 Å². The molecule has 3 N–H and O–H groups in total. The largest absolute Gasteiger partial charge is 0.477 e. The van der Waals surface area contributed by atoms with E-state index in [1.165, 1.54) is 12.4 Å². The van der Waals surface area contributed by atoms with Gasteiger partial charge < -0.3 is 30.2 Å². The zero-order valence-corrected chi connectivity index (χ0v) is 29.0. The maximum atomic E-state index is 14.2. The van der Waals surface area contributed by atoms with E-state index in [4.69, 9.17) is 16.3 Å². The Morgan fingerprint density at radius 2 is 1.82 bits per heavy atom. The lowest BCUT2D eigenvalue weighted by Crippen LogP contribution is -2.56. The van der Waals surface area contributed by atoms with Crippen molar-refractivity contribution in [1.82, 2.24) is 35.4 Å². The van der Waals surface area contributed by atoms with E-state index in [1.54, 1.807) is 22.9 Å². The van der Waals surface area contributed by atoms with Gasteiger partial charge in [-0.25, -0.2) is 9.97 Å². The molecule has 262 valence electrons. The first kappa shape index (κ1) is 34.9. The monoisotopic (exact) mass is 699 g/mol. The second-order valence-electron chi connectivity index (χ2n) is 12.9. The minimum atomic E-state index is -0.739. The number of H-pyrrole nitrogens is 1. The molecule has 2 aromatic heterocycles. The van der Waals surface area contributed by atoms with Crippen molar-refractivity contribution in [3.05, 3.63) is 89.0 Å². The molecule has 50 heavy (non-hydrogen) atoms. The highest BCUT2D eigenvalue weighted by molar-refractivity contribution is 6.31. The lowest BCUT2D eigenvalue weighted by molar-refractivity contribution is -0.140. The van der Waals surface area contributed by atoms with Gasteiger partial charge in [0.25, 0.3) is 5.91 Å². The maximum Gasteiger partial charge on any atom is 0.274 e. The van der Waals surface area contributed by atoms with Crippen molar-refractivity contribution in [2.45, 2.75) is 38.6 Å². The third-order valence-corrected chi connectivity index (χ3v) is 9.98. The summed E-state index contributed by atoms with van der Waals surface area (Å²) < 4.78 is 5.37. The molecule has 0 radical (unpaired) electrons. The third kappa shape index (κ3) is 7.91. The second-order valence-corrected chi connectivity index (χ2v) is 13.4. The van der Waals surface area contributed by atoms with Gasteiger partial charge in [-0.05, 0) is 61.3 Å². The van der Waals surface area contributed by atoms with Gasteiger partial charge in [-0.3, -0.25) is 19.2 Å². The first-order valence-corrected chi connectivity index (χ1v) is 17.4. The van der Waals surface area contributed by atoms with Crippen LogP contribution in [0.15, 0.2) is 67.1 Å². The number of hydrogen-bond acceptors (Lipinski definition) is 7. The van der Waals surface area contributed by atoms with Crippen LogP contribution in [0.5, 0.6) is 5.88 Å². The summed E-state index contributed by atoms with van der Waals surface area (Å²) in [6.07, 6.45) is 6.69. The van der Waals surface area contributed by atoms with Crippen molar-refractivity contribution in [3.8, 4) is 5.88 Å². The van der Waals surface area contributed by atoms with Gasteiger partial charge >= 0.3 is 0 Å². The minimum Gasteiger partial charge on any atom is -0.477 e. The number of nitrogens with zero attached hydrogens (tertiary/aromatic N) is 4. The van der Waals surface area contributed by atoms with E-state index >= 15 is 0 Å². The Bertz CT molecular complexity index is 1830. The van der Waals surface area contributed by atoms with E-state index < -0.39 is 12.0 Å². The van der Waals surface area contributed by atoms with E-state index in [2.05, 4.69) is 25.6 Å². The number of aryl methyl sites for hydroxylation is 1. The highest BCUT2D eigenvalue weighted by Gasteiger charge is 2.48. The van der Waals surface area contributed by atoms with Crippen molar-refractivity contribution < 1.29 is 23.9 Å². The standard InChI is InChI=1S/C37H42ClN7O5/c1-3-50-33-18-41-32(17-42-33)37(49)45-20-25-19-44(34(46)14-24-16-40-31-15-26(38)12-13-27(24)31)22-29(28(25)21-45)35(47)43-30(36(48)39-2)11-7-10-23-8-5-4-6-9-23/h4-6,8-9,12-13,15-18,25,28-30,40H,3,7,10-11,14,19-22H2,1-2H3,(H,39,48)(H,43,47)/t25?,28?,29?,30-/m0/s1. The SMILES string of the molecule is CCOc1cnc(C(=O)N2CC3CN(C(=O)Cc4c[nH]c5cc(Cl)ccc45)CC(C(=O)N[C@@H](CCCc4ccccc4)C(=O)NC)C3C2)cn1. The number of nitrogens with one attached hydrogen (secondary N) is 3. The molecule has 13 heteroatoms. The highest BCUT2D eigenvalue weighted by Crippen LogP contribution is 2.37. The van der Waals surface area contributed by atoms with Gasteiger partial charge in [0.1, 0.15) is 11.7 Å². The maximum absolute atomic E-state index is 14.2. The highest BCUT2D eigenvalue weighted by atomic mass is 35.5. The van der Waals surface area contributed by atoms with E-state index in [-0.39, 0.29) is 54.1 Å². The number of benzene rings is 2. The number of likely N-dealkylation sites (N-methyl/N-ethyl adjacent to an activating group) is 1. The van der Waals surface area contributed by atoms with Crippen LogP contribution in [0.4, 0.5) is 0 Å². The van der Waals surface area contributed by atoms with Crippen LogP contribution in [0.1, 0.15) is 41.4 Å². The van der Waals surface area contributed by atoms with Crippen LogP contribution in [0.2, 0.25) is 5.02 Å². The molecule has 2 fully saturated rings. The quantitative estimate of drug-likeness (QED) is 0.204. The van der Waals surface area contributed by atoms with Crippen LogP contribution >= 0.6 is 11.6 Å². The molecule has 6 rings (SSSR count). The van der Waals surface area contributed by atoms with E-state index in [9.17, 15) is 19.2 Å². The first-order chi connectivity index (χ1) is 24.2. The van der Waals surface area contributed by atoms with Gasteiger partial charge in [0.2, 0.25) is 23.6 Å². The number of hydrogen-bond donors (Lipinski definition) is 3. The fourth-order valence-corrected chi connectivity index (χ4v) is 7.36. The summed E-state index contributed by atoms with van der Waals surface area (Å²) >= 11 is 6.17. The van der Waals surface area contributed by atoms with E-state index in [1.807, 2.05) is 55.6 Å². The molecule has 2 aromatic carbocycles. The van der Waals surface area contributed by atoms with Crippen molar-refractivity contribution in [1.29, 1.82) is 0 Å². The van der Waals surface area contributed by atoms with Gasteiger partial charge in [0.15, 0.2) is 0 Å². The Hall–Kier alpha value is -4.97. The predicted molar refractivity (Wildman–Crippen MR) is 189 cm³/mol. The molecule has 0 aliphatic carbocycles. The summed E-state index contributed by atoms with van der Waals surface area (Å²) in [5, 5.41) is 7.21. The normalized spacial score (nSPS) is 19.1. The molecule has 0 saturated carbocycles. The Morgan fingerprint density at radius 1 is 1.02 bits per heavy atom. The molecule has 2 saturated heterocycles. The summed E-state index contributed by atoms with van der Waals surface area (Å²) in [5.41, 5.74) is 3.01. The zero-order chi connectivity index (χ0) is 35.2. The number of aromatic amines is 1. The molecule has 4 amide bonds. The van der Waals surface area contributed by atoms with Gasteiger partial charge in [-0.15, -0.1) is 0 Å². The molecule has 4 atom stereocenters. The second kappa shape index (κ2) is 15.7. The van der Waals surface area contributed by atoms with Gasteiger partial charge in [0.05, 0.1) is 31.3 Å². The fourth-order valence-electron chi connectivity index (χ4n) is 7.19. The summed E-state index contributed by atoms with van der Waals surface area (Å²) in [6, 6.07) is 14.8. The summed E-state index contributed by atoms with van der Waals surface area (Å²) in [6.45, 7) is 3.52. The van der Waals surface area contributed by atoms with Crippen molar-refractivity contribution in [3.63, 3.8) is 0 Å². The third-order valence-electron chi connectivity index (χ3n) is 9.75. The number of carbonyl (C=O) groups excluding carboxylic acids is 4. The number of halogens is 1. The number of fused-ring (bicyclic) bond motifs is 2. The molecule has 3 unspecified atom stereocenters. The molecule has 12 nitrogen and oxygen atoms in total. The van der Waals surface area contributed by atoms with E-state index in [0.717, 1.165) is 28.5 Å². The Balaban J connectivity index is 1.20. The molecule has 4 aromatic rings. The van der Waals surface area contributed by atoms with Crippen molar-refractivity contribution in [2.24, 2.45) is 17.8 Å². The van der Waals surface area contributed by atoms with Gasteiger partial charge in [-0.2, -0.15) is 0 Å². The molecule has 2 aliphatic rings. The van der Waals surface area contributed by atoms with Gasteiger partial charge in [0, 0.05) is 55.3 Å². The number of likely N-dealkylation sites (tertiary alicyclic amines) is 2. The summed E-state index contributed by atoms with van der Waals surface area (Å²) in [4.78, 5) is 69.7. The number of carbonyl (C=O) groups is 4. The average Bonchev–Trinajstić information content (AvgIpc) is 3.74. The van der Waals surface area contributed by atoms with Crippen molar-refractivity contribution >= 4 is 46.1 Å². The zero-order valence-electron chi connectivity index (χ0n) is 28.2.